The van der Waals surface area contributed by atoms with Gasteiger partial charge in [0.15, 0.2) is 0 Å². The number of carbonyl (C=O) groups is 1. The van der Waals surface area contributed by atoms with Gasteiger partial charge in [0.25, 0.3) is 0 Å². The Bertz CT molecular complexity index is 268. The highest BCUT2D eigenvalue weighted by Crippen LogP contribution is 2.13. The van der Waals surface area contributed by atoms with Gasteiger partial charge in [-0.05, 0) is 24.3 Å². The number of nitrogens with one attached hydrogen (secondary N) is 1. The number of phenolic OH excluding ortho intramolecular Hbond substituents is 1. The van der Waals surface area contributed by atoms with Crippen molar-refractivity contribution in [2.75, 3.05) is 5.32 Å². The normalized spacial score (nSPS) is 9.08. The molecule has 1 radical (unpaired) electrons. The second-order valence-corrected chi connectivity index (χ2v) is 2.10. The van der Waals surface area contributed by atoms with Crippen LogP contribution in [0.3, 0.4) is 0 Å². The summed E-state index contributed by atoms with van der Waals surface area (Å²) in [6, 6.07) is 6.01. The van der Waals surface area contributed by atoms with Gasteiger partial charge in [0.05, 0.1) is 0 Å². The molecule has 0 heterocycles. The van der Waals surface area contributed by atoms with Crippen molar-refractivity contribution in [1.29, 1.82) is 0 Å². The molecule has 0 saturated heterocycles. The molecule has 0 saturated carbocycles. The molecule has 1 aromatic rings. The summed E-state index contributed by atoms with van der Waals surface area (Å²) in [5, 5.41) is 11.3. The van der Waals surface area contributed by atoms with Crippen molar-refractivity contribution in [3.63, 3.8) is 0 Å². The van der Waals surface area contributed by atoms with Gasteiger partial charge in [-0.3, -0.25) is 5.32 Å². The fourth-order valence-electron chi connectivity index (χ4n) is 0.699. The smallest absolute Gasteiger partial charge is 0.411 e. The number of anilines is 1. The Morgan fingerprint density at radius 2 is 2.00 bits per heavy atom. The number of hydrogen-bond acceptors (Lipinski definition) is 3. The van der Waals surface area contributed by atoms with Crippen molar-refractivity contribution in [3.8, 4) is 5.75 Å². The third-order valence-corrected chi connectivity index (χ3v) is 1.24. The molecular formula is C8H8NO3. The Kier molecular flexibility index (Phi) is 2.53. The Morgan fingerprint density at radius 1 is 1.42 bits per heavy atom. The fraction of sp³-hybridized carbons (Fsp3) is 0. The quantitative estimate of drug-likeness (QED) is 0.624. The number of amides is 1. The summed E-state index contributed by atoms with van der Waals surface area (Å²) >= 11 is 0. The van der Waals surface area contributed by atoms with E-state index in [0.29, 0.717) is 5.69 Å². The third kappa shape index (κ3) is 2.16. The highest BCUT2D eigenvalue weighted by molar-refractivity contribution is 5.84. The van der Waals surface area contributed by atoms with Crippen molar-refractivity contribution >= 4 is 11.8 Å². The number of rotatable bonds is 1. The molecule has 0 aliphatic carbocycles. The van der Waals surface area contributed by atoms with Crippen LogP contribution in [0.4, 0.5) is 10.5 Å². The molecule has 1 aromatic carbocycles. The predicted molar refractivity (Wildman–Crippen MR) is 43.6 cm³/mol. The van der Waals surface area contributed by atoms with E-state index in [1.165, 1.54) is 12.1 Å². The molecule has 1 amide bonds. The zero-order valence-corrected chi connectivity index (χ0v) is 6.28. The van der Waals surface area contributed by atoms with E-state index in [0.717, 1.165) is 0 Å². The summed E-state index contributed by atoms with van der Waals surface area (Å²) < 4.78 is 4.12. The van der Waals surface area contributed by atoms with E-state index in [2.05, 4.69) is 17.2 Å². The lowest BCUT2D eigenvalue weighted by Crippen LogP contribution is -2.09. The molecule has 0 spiro atoms. The highest BCUT2D eigenvalue weighted by atomic mass is 16.5. The van der Waals surface area contributed by atoms with Crippen LogP contribution in [0.15, 0.2) is 24.3 Å². The van der Waals surface area contributed by atoms with Crippen LogP contribution in [0.5, 0.6) is 5.75 Å². The number of benzene rings is 1. The largest absolute Gasteiger partial charge is 0.508 e. The molecule has 0 aliphatic rings. The standard InChI is InChI=1S/C8H8NO3/c1-12-8(11)9-6-2-4-7(10)5-3-6/h2-5,10H,1H2,(H,9,11). The van der Waals surface area contributed by atoms with Crippen LogP contribution in [-0.2, 0) is 4.74 Å². The molecule has 4 nitrogen and oxygen atoms in total. The maximum absolute atomic E-state index is 10.6. The lowest BCUT2D eigenvalue weighted by molar-refractivity contribution is 0.199. The number of aromatic hydroxyl groups is 1. The maximum atomic E-state index is 10.6. The molecule has 63 valence electrons. The molecule has 1 rings (SSSR count). The van der Waals surface area contributed by atoms with Crippen molar-refractivity contribution < 1.29 is 14.6 Å². The lowest BCUT2D eigenvalue weighted by Gasteiger charge is -2.01. The lowest BCUT2D eigenvalue weighted by atomic mass is 10.3. The van der Waals surface area contributed by atoms with Crippen LogP contribution >= 0.6 is 0 Å². The fourth-order valence-corrected chi connectivity index (χ4v) is 0.699. The molecule has 0 aromatic heterocycles. The average Bonchev–Trinajstić information content (AvgIpc) is 2.09. The number of hydrogen-bond donors (Lipinski definition) is 2. The van der Waals surface area contributed by atoms with Gasteiger partial charge in [-0.15, -0.1) is 0 Å². The molecule has 0 aliphatic heterocycles. The van der Waals surface area contributed by atoms with E-state index >= 15 is 0 Å². The van der Waals surface area contributed by atoms with Gasteiger partial charge in [-0.1, -0.05) is 0 Å². The maximum Gasteiger partial charge on any atom is 0.411 e. The summed E-state index contributed by atoms with van der Waals surface area (Å²) in [5.41, 5.74) is 0.543. The Hall–Kier alpha value is -1.71. The van der Waals surface area contributed by atoms with Gasteiger partial charge in [0.2, 0.25) is 0 Å². The van der Waals surface area contributed by atoms with Gasteiger partial charge in [0, 0.05) is 5.69 Å². The van der Waals surface area contributed by atoms with E-state index in [-0.39, 0.29) is 5.75 Å². The number of carbonyl (C=O) groups excluding carboxylic acids is 1. The number of ether oxygens (including phenoxy) is 1. The zero-order chi connectivity index (χ0) is 8.97. The predicted octanol–water partition coefficient (Wildman–Crippen LogP) is 1.73. The van der Waals surface area contributed by atoms with Crippen molar-refractivity contribution in [3.05, 3.63) is 31.4 Å². The van der Waals surface area contributed by atoms with Crippen LogP contribution < -0.4 is 5.32 Å². The van der Waals surface area contributed by atoms with Gasteiger partial charge in [0.1, 0.15) is 12.9 Å². The van der Waals surface area contributed by atoms with E-state index in [4.69, 9.17) is 5.11 Å². The minimum absolute atomic E-state index is 0.142. The minimum atomic E-state index is -0.638. The summed E-state index contributed by atoms with van der Waals surface area (Å²) in [6.07, 6.45) is -0.638. The van der Waals surface area contributed by atoms with Crippen LogP contribution in [0.25, 0.3) is 0 Å². The van der Waals surface area contributed by atoms with Crippen molar-refractivity contribution in [1.82, 2.24) is 0 Å². The van der Waals surface area contributed by atoms with Gasteiger partial charge < -0.3 is 9.84 Å². The summed E-state index contributed by atoms with van der Waals surface area (Å²) in [6.45, 7) is 0. The first kappa shape index (κ1) is 8.39. The minimum Gasteiger partial charge on any atom is -0.508 e. The van der Waals surface area contributed by atoms with Gasteiger partial charge in [-0.25, -0.2) is 4.79 Å². The average molecular weight is 166 g/mol. The second-order valence-electron chi connectivity index (χ2n) is 2.10. The van der Waals surface area contributed by atoms with Crippen LogP contribution in [-0.4, -0.2) is 11.2 Å². The van der Waals surface area contributed by atoms with E-state index in [9.17, 15) is 4.79 Å². The first-order valence-corrected chi connectivity index (χ1v) is 3.24. The Morgan fingerprint density at radius 3 is 2.50 bits per heavy atom. The van der Waals surface area contributed by atoms with Crippen LogP contribution in [0.2, 0.25) is 0 Å². The molecule has 12 heavy (non-hydrogen) atoms. The molecule has 0 bridgehead atoms. The topological polar surface area (TPSA) is 58.6 Å². The summed E-state index contributed by atoms with van der Waals surface area (Å²) in [4.78, 5) is 10.6. The van der Waals surface area contributed by atoms with E-state index in [1.54, 1.807) is 12.1 Å². The first-order chi connectivity index (χ1) is 5.72. The van der Waals surface area contributed by atoms with Gasteiger partial charge in [-0.2, -0.15) is 0 Å². The zero-order valence-electron chi connectivity index (χ0n) is 6.28. The molecule has 0 unspecified atom stereocenters. The number of phenols is 1. The Labute approximate surface area is 69.8 Å². The third-order valence-electron chi connectivity index (χ3n) is 1.24. The van der Waals surface area contributed by atoms with Crippen molar-refractivity contribution in [2.24, 2.45) is 0 Å². The molecule has 4 heteroatoms. The van der Waals surface area contributed by atoms with Crippen molar-refractivity contribution in [2.45, 2.75) is 0 Å². The summed E-state index contributed by atoms with van der Waals surface area (Å²) in [5.74, 6) is 0.142. The second kappa shape index (κ2) is 3.61. The first-order valence-electron chi connectivity index (χ1n) is 3.24. The van der Waals surface area contributed by atoms with Crippen LogP contribution in [0.1, 0.15) is 0 Å². The van der Waals surface area contributed by atoms with Crippen LogP contribution in [0, 0.1) is 7.11 Å². The molecule has 2 N–H and O–H groups in total. The van der Waals surface area contributed by atoms with Gasteiger partial charge >= 0.3 is 6.09 Å². The Balaban J connectivity index is 2.64. The monoisotopic (exact) mass is 166 g/mol. The SMILES string of the molecule is [CH2]OC(=O)Nc1ccc(O)cc1. The summed E-state index contributed by atoms with van der Waals surface area (Å²) in [7, 11) is 2.94. The highest BCUT2D eigenvalue weighted by Gasteiger charge is 1.98. The molecule has 0 atom stereocenters. The molecular weight excluding hydrogens is 158 g/mol. The molecule has 0 fully saturated rings. The van der Waals surface area contributed by atoms with E-state index in [1.807, 2.05) is 0 Å². The van der Waals surface area contributed by atoms with E-state index < -0.39 is 6.09 Å².